The van der Waals surface area contributed by atoms with Crippen molar-refractivity contribution in [2.45, 2.75) is 44.9 Å². The van der Waals surface area contributed by atoms with E-state index in [4.69, 9.17) is 9.47 Å². The predicted octanol–water partition coefficient (Wildman–Crippen LogP) is 4.02. The van der Waals surface area contributed by atoms with E-state index >= 15 is 0 Å². The van der Waals surface area contributed by atoms with E-state index in [0.29, 0.717) is 6.79 Å². The molecule has 2 saturated carbocycles. The van der Waals surface area contributed by atoms with Crippen LogP contribution in [0, 0.1) is 29.6 Å². The van der Waals surface area contributed by atoms with Crippen LogP contribution in [0.5, 0.6) is 0 Å². The third kappa shape index (κ3) is 3.05. The van der Waals surface area contributed by atoms with E-state index in [1.54, 1.807) is 7.11 Å². The molecule has 2 nitrogen and oxygen atoms in total. The Morgan fingerprint density at radius 1 is 1.00 bits per heavy atom. The van der Waals surface area contributed by atoms with E-state index in [0.717, 1.165) is 36.2 Å². The second-order valence-electron chi connectivity index (χ2n) is 6.75. The molecule has 19 heavy (non-hydrogen) atoms. The zero-order valence-corrected chi connectivity index (χ0v) is 12.2. The molecule has 0 aliphatic heterocycles. The monoisotopic (exact) mass is 264 g/mol. The fourth-order valence-electron chi connectivity index (χ4n) is 4.79. The van der Waals surface area contributed by atoms with Crippen molar-refractivity contribution in [3.05, 3.63) is 12.2 Å². The molecular weight excluding hydrogens is 236 g/mol. The zero-order chi connectivity index (χ0) is 13.1. The lowest BCUT2D eigenvalue weighted by Gasteiger charge is -2.25. The average molecular weight is 264 g/mol. The summed E-state index contributed by atoms with van der Waals surface area (Å²) in [4.78, 5) is 0. The van der Waals surface area contributed by atoms with Crippen molar-refractivity contribution in [2.75, 3.05) is 20.5 Å². The Balaban J connectivity index is 1.40. The van der Waals surface area contributed by atoms with Crippen molar-refractivity contribution in [1.29, 1.82) is 0 Å². The first-order valence-corrected chi connectivity index (χ1v) is 8.13. The highest BCUT2D eigenvalue weighted by Crippen LogP contribution is 2.53. The average Bonchev–Trinajstić information content (AvgIpc) is 2.95. The Hall–Kier alpha value is -0.340. The van der Waals surface area contributed by atoms with E-state index in [-0.39, 0.29) is 0 Å². The lowest BCUT2D eigenvalue weighted by molar-refractivity contribution is -0.0323. The second-order valence-corrected chi connectivity index (χ2v) is 6.75. The summed E-state index contributed by atoms with van der Waals surface area (Å²) in [6, 6.07) is 0. The van der Waals surface area contributed by atoms with Crippen molar-refractivity contribution in [3.8, 4) is 0 Å². The van der Waals surface area contributed by atoms with Crippen molar-refractivity contribution in [1.82, 2.24) is 0 Å². The minimum Gasteiger partial charge on any atom is -0.359 e. The van der Waals surface area contributed by atoms with Gasteiger partial charge >= 0.3 is 0 Å². The molecule has 2 bridgehead atoms. The molecule has 0 aromatic carbocycles. The first-order chi connectivity index (χ1) is 9.38. The molecule has 3 aliphatic carbocycles. The van der Waals surface area contributed by atoms with Gasteiger partial charge in [0.1, 0.15) is 6.79 Å². The lowest BCUT2D eigenvalue weighted by atomic mass is 9.80. The molecule has 2 fully saturated rings. The van der Waals surface area contributed by atoms with Crippen LogP contribution in [0.2, 0.25) is 0 Å². The quantitative estimate of drug-likeness (QED) is 0.410. The van der Waals surface area contributed by atoms with Crippen molar-refractivity contribution in [3.63, 3.8) is 0 Å². The van der Waals surface area contributed by atoms with E-state index in [9.17, 15) is 0 Å². The van der Waals surface area contributed by atoms with Crippen LogP contribution in [0.3, 0.4) is 0 Å². The van der Waals surface area contributed by atoms with E-state index in [1.165, 1.54) is 44.9 Å². The summed E-state index contributed by atoms with van der Waals surface area (Å²) in [5.74, 6) is 4.91. The van der Waals surface area contributed by atoms with E-state index in [2.05, 4.69) is 12.2 Å². The highest BCUT2D eigenvalue weighted by Gasteiger charge is 2.44. The van der Waals surface area contributed by atoms with Gasteiger partial charge in [0.25, 0.3) is 0 Å². The maximum atomic E-state index is 5.39. The molecule has 0 radical (unpaired) electrons. The molecule has 0 heterocycles. The minimum absolute atomic E-state index is 0.448. The van der Waals surface area contributed by atoms with Crippen LogP contribution in [0.1, 0.15) is 44.9 Å². The Labute approximate surface area is 117 Å². The summed E-state index contributed by atoms with van der Waals surface area (Å²) >= 11 is 0. The molecule has 3 rings (SSSR count). The summed E-state index contributed by atoms with van der Waals surface area (Å²) in [7, 11) is 1.69. The van der Waals surface area contributed by atoms with Crippen LogP contribution in [-0.4, -0.2) is 20.5 Å². The number of fused-ring (bicyclic) bond motifs is 5. The molecular formula is C17H28O2. The molecule has 0 saturated heterocycles. The summed E-state index contributed by atoms with van der Waals surface area (Å²) in [5, 5.41) is 0. The second kappa shape index (κ2) is 6.41. The number of hydrogen-bond acceptors (Lipinski definition) is 2. The first kappa shape index (κ1) is 13.6. The Morgan fingerprint density at radius 2 is 1.68 bits per heavy atom. The van der Waals surface area contributed by atoms with Crippen molar-refractivity contribution < 1.29 is 9.47 Å². The standard InChI is InChI=1S/C17H28O2/c1-18-12-19-10-2-3-13-4-8-16-14-6-7-15(11-14)17(16)9-5-13/h6-7,13-17H,2-5,8-12H2,1H3. The largest absolute Gasteiger partial charge is 0.359 e. The molecule has 0 amide bonds. The molecule has 0 aromatic rings. The van der Waals surface area contributed by atoms with Crippen molar-refractivity contribution >= 4 is 0 Å². The van der Waals surface area contributed by atoms with Crippen LogP contribution >= 0.6 is 0 Å². The van der Waals surface area contributed by atoms with Gasteiger partial charge in [-0.15, -0.1) is 0 Å². The van der Waals surface area contributed by atoms with E-state index < -0.39 is 0 Å². The van der Waals surface area contributed by atoms with Crippen LogP contribution in [0.4, 0.5) is 0 Å². The molecule has 4 atom stereocenters. The SMILES string of the molecule is COCOCCCC1CCC2C3C=CC(C3)C2CC1. The summed E-state index contributed by atoms with van der Waals surface area (Å²) < 4.78 is 10.3. The molecule has 4 unspecified atom stereocenters. The smallest absolute Gasteiger partial charge is 0.146 e. The summed E-state index contributed by atoms with van der Waals surface area (Å²) in [5.41, 5.74) is 0. The van der Waals surface area contributed by atoms with Crippen LogP contribution < -0.4 is 0 Å². The number of ether oxygens (including phenoxy) is 2. The summed E-state index contributed by atoms with van der Waals surface area (Å²) in [6.45, 7) is 1.31. The zero-order valence-electron chi connectivity index (χ0n) is 12.2. The predicted molar refractivity (Wildman–Crippen MR) is 76.7 cm³/mol. The normalized spacial score (nSPS) is 40.4. The first-order valence-electron chi connectivity index (χ1n) is 8.13. The molecule has 108 valence electrons. The Kier molecular flexibility index (Phi) is 4.60. The van der Waals surface area contributed by atoms with Gasteiger partial charge in [-0.2, -0.15) is 0 Å². The highest BCUT2D eigenvalue weighted by molar-refractivity contribution is 5.13. The van der Waals surface area contributed by atoms with E-state index in [1.807, 2.05) is 0 Å². The Morgan fingerprint density at radius 3 is 2.32 bits per heavy atom. The van der Waals surface area contributed by atoms with Crippen molar-refractivity contribution in [2.24, 2.45) is 29.6 Å². The van der Waals surface area contributed by atoms with Gasteiger partial charge in [0, 0.05) is 13.7 Å². The van der Waals surface area contributed by atoms with Gasteiger partial charge in [-0.05, 0) is 61.7 Å². The molecule has 0 aromatic heterocycles. The van der Waals surface area contributed by atoms with Crippen LogP contribution in [0.25, 0.3) is 0 Å². The number of allylic oxidation sites excluding steroid dienone is 2. The number of rotatable bonds is 6. The fraction of sp³-hybridized carbons (Fsp3) is 0.882. The Bertz CT molecular complexity index is 290. The van der Waals surface area contributed by atoms with Gasteiger partial charge in [-0.3, -0.25) is 0 Å². The fourth-order valence-corrected chi connectivity index (χ4v) is 4.79. The van der Waals surface area contributed by atoms with Gasteiger partial charge in [0.2, 0.25) is 0 Å². The van der Waals surface area contributed by atoms with Gasteiger partial charge in [0.15, 0.2) is 0 Å². The molecule has 3 aliphatic rings. The molecule has 0 N–H and O–H groups in total. The van der Waals surface area contributed by atoms with Gasteiger partial charge in [0.05, 0.1) is 0 Å². The van der Waals surface area contributed by atoms with Gasteiger partial charge in [-0.25, -0.2) is 0 Å². The van der Waals surface area contributed by atoms with Gasteiger partial charge in [-0.1, -0.05) is 25.0 Å². The topological polar surface area (TPSA) is 18.5 Å². The third-order valence-electron chi connectivity index (χ3n) is 5.72. The lowest BCUT2D eigenvalue weighted by Crippen LogP contribution is -2.17. The maximum Gasteiger partial charge on any atom is 0.146 e. The molecule has 0 spiro atoms. The maximum absolute atomic E-state index is 5.39. The number of methoxy groups -OCH3 is 1. The van der Waals surface area contributed by atoms with Crippen LogP contribution in [0.15, 0.2) is 12.2 Å². The van der Waals surface area contributed by atoms with Gasteiger partial charge < -0.3 is 9.47 Å². The summed E-state index contributed by atoms with van der Waals surface area (Å²) in [6.07, 6.45) is 15.0. The number of hydrogen-bond donors (Lipinski definition) is 0. The minimum atomic E-state index is 0.448. The molecule has 2 heteroatoms. The van der Waals surface area contributed by atoms with Crippen LogP contribution in [-0.2, 0) is 9.47 Å². The highest BCUT2D eigenvalue weighted by atomic mass is 16.7. The third-order valence-corrected chi connectivity index (χ3v) is 5.72.